The van der Waals surface area contributed by atoms with E-state index in [-0.39, 0.29) is 0 Å². The topological polar surface area (TPSA) is 48.4 Å². The number of furan rings is 1. The number of ether oxygens (including phenoxy) is 1. The third-order valence-electron chi connectivity index (χ3n) is 2.57. The van der Waals surface area contributed by atoms with Gasteiger partial charge in [-0.2, -0.15) is 0 Å². The number of aryl methyl sites for hydroxylation is 1. The molecule has 0 aliphatic rings. The summed E-state index contributed by atoms with van der Waals surface area (Å²) in [6.07, 6.45) is 0.768. The molecule has 3 nitrogen and oxygen atoms in total. The molecule has 0 saturated heterocycles. The van der Waals surface area contributed by atoms with E-state index in [0.29, 0.717) is 13.2 Å². The standard InChI is InChI=1S/C14H17NO2/c1-11-4-2-3-5-14(11)16-10-13-7-6-12(17-13)8-9-15/h2-7H,8-10,15H2,1H3. The van der Waals surface area contributed by atoms with Crippen molar-refractivity contribution in [3.05, 3.63) is 53.5 Å². The third-order valence-corrected chi connectivity index (χ3v) is 2.57. The van der Waals surface area contributed by atoms with Crippen LogP contribution >= 0.6 is 0 Å². The van der Waals surface area contributed by atoms with E-state index in [1.807, 2.05) is 43.3 Å². The minimum atomic E-state index is 0.454. The summed E-state index contributed by atoms with van der Waals surface area (Å²) >= 11 is 0. The summed E-state index contributed by atoms with van der Waals surface area (Å²) in [6, 6.07) is 11.8. The molecule has 2 rings (SSSR count). The highest BCUT2D eigenvalue weighted by molar-refractivity contribution is 5.31. The third kappa shape index (κ3) is 3.11. The summed E-state index contributed by atoms with van der Waals surface area (Å²) in [4.78, 5) is 0. The van der Waals surface area contributed by atoms with Crippen molar-refractivity contribution in [2.24, 2.45) is 5.73 Å². The SMILES string of the molecule is Cc1ccccc1OCc1ccc(CCN)o1. The van der Waals surface area contributed by atoms with Crippen LogP contribution in [0.25, 0.3) is 0 Å². The lowest BCUT2D eigenvalue weighted by atomic mass is 10.2. The fourth-order valence-electron chi connectivity index (χ4n) is 1.64. The Hall–Kier alpha value is -1.74. The van der Waals surface area contributed by atoms with Gasteiger partial charge in [-0.15, -0.1) is 0 Å². The Balaban J connectivity index is 1.95. The summed E-state index contributed by atoms with van der Waals surface area (Å²) in [6.45, 7) is 3.08. The van der Waals surface area contributed by atoms with Gasteiger partial charge in [0.1, 0.15) is 23.9 Å². The van der Waals surface area contributed by atoms with Gasteiger partial charge in [-0.3, -0.25) is 0 Å². The molecule has 0 amide bonds. The zero-order valence-electron chi connectivity index (χ0n) is 9.98. The molecule has 1 aromatic carbocycles. The molecule has 1 aromatic heterocycles. The van der Waals surface area contributed by atoms with Gasteiger partial charge in [0.2, 0.25) is 0 Å². The van der Waals surface area contributed by atoms with Crippen LogP contribution in [0.3, 0.4) is 0 Å². The molecule has 0 radical (unpaired) electrons. The zero-order chi connectivity index (χ0) is 12.1. The Labute approximate surface area is 101 Å². The summed E-state index contributed by atoms with van der Waals surface area (Å²) in [5.74, 6) is 2.64. The van der Waals surface area contributed by atoms with Gasteiger partial charge in [0, 0.05) is 6.42 Å². The quantitative estimate of drug-likeness (QED) is 0.860. The van der Waals surface area contributed by atoms with Crippen LogP contribution < -0.4 is 10.5 Å². The van der Waals surface area contributed by atoms with E-state index in [0.717, 1.165) is 29.3 Å². The maximum atomic E-state index is 5.69. The molecule has 0 bridgehead atoms. The van der Waals surface area contributed by atoms with Gasteiger partial charge >= 0.3 is 0 Å². The first-order valence-corrected chi connectivity index (χ1v) is 5.75. The maximum Gasteiger partial charge on any atom is 0.146 e. The van der Waals surface area contributed by atoms with Gasteiger partial charge in [-0.25, -0.2) is 0 Å². The Kier molecular flexibility index (Phi) is 3.83. The average molecular weight is 231 g/mol. The summed E-state index contributed by atoms with van der Waals surface area (Å²) in [7, 11) is 0. The second-order valence-corrected chi connectivity index (χ2v) is 3.96. The van der Waals surface area contributed by atoms with Crippen LogP contribution in [0, 0.1) is 6.92 Å². The fraction of sp³-hybridized carbons (Fsp3) is 0.286. The molecule has 0 spiro atoms. The van der Waals surface area contributed by atoms with Crippen molar-refractivity contribution < 1.29 is 9.15 Å². The van der Waals surface area contributed by atoms with Gasteiger partial charge in [0.15, 0.2) is 0 Å². The number of rotatable bonds is 5. The zero-order valence-corrected chi connectivity index (χ0v) is 9.98. The first-order chi connectivity index (χ1) is 8.29. The molecule has 90 valence electrons. The van der Waals surface area contributed by atoms with Crippen molar-refractivity contribution in [2.75, 3.05) is 6.54 Å². The molecule has 0 unspecified atom stereocenters. The Bertz CT molecular complexity index is 477. The van der Waals surface area contributed by atoms with Crippen LogP contribution in [0.15, 0.2) is 40.8 Å². The molecular weight excluding hydrogens is 214 g/mol. The van der Waals surface area contributed by atoms with Crippen LogP contribution in [0.1, 0.15) is 17.1 Å². The molecular formula is C14H17NO2. The minimum absolute atomic E-state index is 0.454. The van der Waals surface area contributed by atoms with E-state index in [9.17, 15) is 0 Å². The van der Waals surface area contributed by atoms with Gasteiger partial charge in [0.25, 0.3) is 0 Å². The van der Waals surface area contributed by atoms with Crippen molar-refractivity contribution in [3.63, 3.8) is 0 Å². The van der Waals surface area contributed by atoms with E-state index >= 15 is 0 Å². The molecule has 1 heterocycles. The highest BCUT2D eigenvalue weighted by Crippen LogP contribution is 2.18. The second-order valence-electron chi connectivity index (χ2n) is 3.96. The van der Waals surface area contributed by atoms with E-state index in [2.05, 4.69) is 0 Å². The largest absolute Gasteiger partial charge is 0.485 e. The number of nitrogens with two attached hydrogens (primary N) is 1. The fourth-order valence-corrected chi connectivity index (χ4v) is 1.64. The van der Waals surface area contributed by atoms with E-state index in [1.165, 1.54) is 0 Å². The van der Waals surface area contributed by atoms with Crippen LogP contribution in [0.4, 0.5) is 0 Å². The Morgan fingerprint density at radius 2 is 1.88 bits per heavy atom. The predicted molar refractivity (Wildman–Crippen MR) is 67.0 cm³/mol. The molecule has 2 N–H and O–H groups in total. The van der Waals surface area contributed by atoms with Gasteiger partial charge in [-0.05, 0) is 37.2 Å². The molecule has 0 fully saturated rings. The summed E-state index contributed by atoms with van der Waals surface area (Å²) in [5.41, 5.74) is 6.59. The first-order valence-electron chi connectivity index (χ1n) is 5.75. The Morgan fingerprint density at radius 3 is 2.65 bits per heavy atom. The van der Waals surface area contributed by atoms with E-state index < -0.39 is 0 Å². The molecule has 0 atom stereocenters. The highest BCUT2D eigenvalue weighted by Gasteiger charge is 2.03. The van der Waals surface area contributed by atoms with Crippen molar-refractivity contribution >= 4 is 0 Å². The normalized spacial score (nSPS) is 10.5. The first kappa shape index (κ1) is 11.7. The molecule has 3 heteroatoms. The maximum absolute atomic E-state index is 5.69. The molecule has 17 heavy (non-hydrogen) atoms. The molecule has 2 aromatic rings. The van der Waals surface area contributed by atoms with Crippen molar-refractivity contribution in [2.45, 2.75) is 20.0 Å². The molecule has 0 aliphatic carbocycles. The molecule has 0 aliphatic heterocycles. The number of benzene rings is 1. The van der Waals surface area contributed by atoms with E-state index in [1.54, 1.807) is 0 Å². The lowest BCUT2D eigenvalue weighted by Gasteiger charge is -2.06. The van der Waals surface area contributed by atoms with E-state index in [4.69, 9.17) is 14.9 Å². The smallest absolute Gasteiger partial charge is 0.146 e. The van der Waals surface area contributed by atoms with Crippen LogP contribution in [-0.4, -0.2) is 6.54 Å². The van der Waals surface area contributed by atoms with Crippen LogP contribution in [0.2, 0.25) is 0 Å². The summed E-state index contributed by atoms with van der Waals surface area (Å²) in [5, 5.41) is 0. The van der Waals surface area contributed by atoms with Gasteiger partial charge in [-0.1, -0.05) is 18.2 Å². The lowest BCUT2D eigenvalue weighted by Crippen LogP contribution is -2.01. The number of hydrogen-bond acceptors (Lipinski definition) is 3. The number of para-hydroxylation sites is 1. The molecule has 0 saturated carbocycles. The van der Waals surface area contributed by atoms with Gasteiger partial charge < -0.3 is 14.9 Å². The second kappa shape index (κ2) is 5.55. The van der Waals surface area contributed by atoms with Crippen molar-refractivity contribution in [1.29, 1.82) is 0 Å². The van der Waals surface area contributed by atoms with Crippen LogP contribution in [-0.2, 0) is 13.0 Å². The van der Waals surface area contributed by atoms with Gasteiger partial charge in [0.05, 0.1) is 0 Å². The minimum Gasteiger partial charge on any atom is -0.485 e. The lowest BCUT2D eigenvalue weighted by molar-refractivity contribution is 0.264. The summed E-state index contributed by atoms with van der Waals surface area (Å²) < 4.78 is 11.3. The number of hydrogen-bond donors (Lipinski definition) is 1. The van der Waals surface area contributed by atoms with Crippen LogP contribution in [0.5, 0.6) is 5.75 Å². The highest BCUT2D eigenvalue weighted by atomic mass is 16.5. The Morgan fingerprint density at radius 1 is 1.12 bits per heavy atom. The van der Waals surface area contributed by atoms with Crippen molar-refractivity contribution in [3.8, 4) is 5.75 Å². The monoisotopic (exact) mass is 231 g/mol. The average Bonchev–Trinajstić information content (AvgIpc) is 2.76. The van der Waals surface area contributed by atoms with Crippen molar-refractivity contribution in [1.82, 2.24) is 0 Å². The predicted octanol–water partition coefficient (Wildman–Crippen LogP) is 2.67.